The van der Waals surface area contributed by atoms with Crippen LogP contribution in [0, 0.1) is 0 Å². The van der Waals surface area contributed by atoms with Crippen molar-refractivity contribution in [3.05, 3.63) is 72.5 Å². The zero-order valence-electron chi connectivity index (χ0n) is 14.5. The fourth-order valence-electron chi connectivity index (χ4n) is 3.12. The maximum absolute atomic E-state index is 11.6. The first-order valence-corrected chi connectivity index (χ1v) is 8.51. The van der Waals surface area contributed by atoms with E-state index in [0.717, 1.165) is 16.7 Å². The Morgan fingerprint density at radius 3 is 2.30 bits per heavy atom. The quantitative estimate of drug-likeness (QED) is 0.448. The lowest BCUT2D eigenvalue weighted by Gasteiger charge is -2.08. The van der Waals surface area contributed by atoms with Gasteiger partial charge in [0.2, 0.25) is 0 Å². The van der Waals surface area contributed by atoms with Crippen LogP contribution in [0.3, 0.4) is 0 Å². The predicted molar refractivity (Wildman–Crippen MR) is 102 cm³/mol. The van der Waals surface area contributed by atoms with Gasteiger partial charge in [-0.05, 0) is 55.5 Å². The molecule has 27 heavy (non-hydrogen) atoms. The third-order valence-corrected chi connectivity index (χ3v) is 4.44. The number of aromatic nitrogens is 4. The third kappa shape index (κ3) is 2.50. The van der Waals surface area contributed by atoms with E-state index in [1.165, 1.54) is 0 Å². The standard InChI is InChI=1S/C21H14N4O2/c1-13(26)14-8-10-15(11-9-14)25-20(18-7-4-12-27-18)24-19-21(25)23-17-6-3-2-5-16(17)22-19/h2-12H,1H3. The van der Waals surface area contributed by atoms with E-state index in [1.807, 2.05) is 53.1 Å². The van der Waals surface area contributed by atoms with E-state index in [0.29, 0.717) is 28.4 Å². The normalized spacial score (nSPS) is 11.3. The Hall–Kier alpha value is -3.80. The first kappa shape index (κ1) is 15.5. The monoisotopic (exact) mass is 354 g/mol. The summed E-state index contributed by atoms with van der Waals surface area (Å²) in [4.78, 5) is 25.7. The molecule has 0 amide bonds. The summed E-state index contributed by atoms with van der Waals surface area (Å²) in [5.41, 5.74) is 4.23. The summed E-state index contributed by atoms with van der Waals surface area (Å²) < 4.78 is 7.48. The van der Waals surface area contributed by atoms with Crippen LogP contribution < -0.4 is 0 Å². The highest BCUT2D eigenvalue weighted by atomic mass is 16.3. The highest BCUT2D eigenvalue weighted by molar-refractivity contribution is 5.94. The zero-order chi connectivity index (χ0) is 18.4. The van der Waals surface area contributed by atoms with Crippen LogP contribution in [-0.2, 0) is 0 Å². The van der Waals surface area contributed by atoms with Crippen LogP contribution in [0.25, 0.3) is 39.6 Å². The number of benzene rings is 2. The Morgan fingerprint density at radius 2 is 1.63 bits per heavy atom. The van der Waals surface area contributed by atoms with Crippen molar-refractivity contribution in [2.24, 2.45) is 0 Å². The van der Waals surface area contributed by atoms with Crippen molar-refractivity contribution in [1.29, 1.82) is 0 Å². The molecule has 0 N–H and O–H groups in total. The van der Waals surface area contributed by atoms with Crippen molar-refractivity contribution in [3.63, 3.8) is 0 Å². The van der Waals surface area contributed by atoms with Crippen molar-refractivity contribution in [2.75, 3.05) is 0 Å². The Labute approximate surface area is 154 Å². The molecule has 0 spiro atoms. The molecule has 2 aromatic carbocycles. The van der Waals surface area contributed by atoms with Crippen LogP contribution in [-0.4, -0.2) is 25.3 Å². The summed E-state index contributed by atoms with van der Waals surface area (Å²) in [6.45, 7) is 1.55. The molecule has 0 radical (unpaired) electrons. The molecule has 6 nitrogen and oxygen atoms in total. The number of para-hydroxylation sites is 2. The van der Waals surface area contributed by atoms with Gasteiger partial charge >= 0.3 is 0 Å². The maximum atomic E-state index is 11.6. The van der Waals surface area contributed by atoms with Gasteiger partial charge in [-0.25, -0.2) is 15.0 Å². The van der Waals surface area contributed by atoms with Gasteiger partial charge < -0.3 is 4.42 Å². The molecule has 3 heterocycles. The van der Waals surface area contributed by atoms with E-state index >= 15 is 0 Å². The molecule has 5 aromatic rings. The number of nitrogens with zero attached hydrogens (tertiary/aromatic N) is 4. The minimum absolute atomic E-state index is 0.0223. The van der Waals surface area contributed by atoms with Crippen LogP contribution in [0.5, 0.6) is 0 Å². The molecule has 0 saturated carbocycles. The van der Waals surface area contributed by atoms with Gasteiger partial charge in [0.25, 0.3) is 0 Å². The summed E-state index contributed by atoms with van der Waals surface area (Å²) in [5.74, 6) is 1.25. The van der Waals surface area contributed by atoms with Crippen LogP contribution in [0.15, 0.2) is 71.3 Å². The number of carbonyl (C=O) groups excluding carboxylic acids is 1. The first-order valence-electron chi connectivity index (χ1n) is 8.51. The minimum atomic E-state index is 0.0223. The smallest absolute Gasteiger partial charge is 0.199 e. The predicted octanol–water partition coefficient (Wildman–Crippen LogP) is 4.43. The van der Waals surface area contributed by atoms with E-state index < -0.39 is 0 Å². The average molecular weight is 354 g/mol. The molecular formula is C21H14N4O2. The first-order chi connectivity index (χ1) is 13.2. The van der Waals surface area contributed by atoms with Gasteiger partial charge in [-0.1, -0.05) is 12.1 Å². The van der Waals surface area contributed by atoms with Gasteiger partial charge in [-0.15, -0.1) is 0 Å². The van der Waals surface area contributed by atoms with Crippen molar-refractivity contribution in [3.8, 4) is 17.3 Å². The van der Waals surface area contributed by atoms with Crippen molar-refractivity contribution in [2.45, 2.75) is 6.92 Å². The molecule has 0 saturated heterocycles. The second-order valence-corrected chi connectivity index (χ2v) is 6.21. The summed E-state index contributed by atoms with van der Waals surface area (Å²) in [6, 6.07) is 18.7. The van der Waals surface area contributed by atoms with Gasteiger partial charge in [0.15, 0.2) is 28.7 Å². The Morgan fingerprint density at radius 1 is 0.889 bits per heavy atom. The topological polar surface area (TPSA) is 73.8 Å². The van der Waals surface area contributed by atoms with Gasteiger partial charge in [-0.3, -0.25) is 9.36 Å². The molecule has 5 rings (SSSR count). The summed E-state index contributed by atoms with van der Waals surface area (Å²) in [7, 11) is 0. The molecule has 0 aliphatic heterocycles. The molecule has 0 atom stereocenters. The van der Waals surface area contributed by atoms with E-state index in [2.05, 4.69) is 9.97 Å². The summed E-state index contributed by atoms with van der Waals surface area (Å²) >= 11 is 0. The summed E-state index contributed by atoms with van der Waals surface area (Å²) in [5, 5.41) is 0. The third-order valence-electron chi connectivity index (χ3n) is 4.44. The molecule has 0 fully saturated rings. The van der Waals surface area contributed by atoms with Gasteiger partial charge in [0, 0.05) is 11.3 Å². The SMILES string of the molecule is CC(=O)c1ccc(-n2c(-c3ccco3)nc3nc4ccccc4nc32)cc1. The second kappa shape index (κ2) is 5.88. The number of rotatable bonds is 3. The van der Waals surface area contributed by atoms with Crippen molar-refractivity contribution >= 4 is 28.1 Å². The number of furan rings is 1. The van der Waals surface area contributed by atoms with Crippen LogP contribution in [0.1, 0.15) is 17.3 Å². The number of imidazole rings is 1. The average Bonchev–Trinajstić information content (AvgIpc) is 3.33. The molecule has 0 bridgehead atoms. The van der Waals surface area contributed by atoms with E-state index in [9.17, 15) is 4.79 Å². The molecule has 130 valence electrons. The highest BCUT2D eigenvalue weighted by Gasteiger charge is 2.19. The number of Topliss-reactive ketones (excluding diaryl/α,β-unsaturated/α-hetero) is 1. The molecule has 0 unspecified atom stereocenters. The van der Waals surface area contributed by atoms with E-state index in [4.69, 9.17) is 9.40 Å². The number of hydrogen-bond acceptors (Lipinski definition) is 5. The fourth-order valence-corrected chi connectivity index (χ4v) is 3.12. The molecule has 0 aliphatic rings. The molecule has 3 aromatic heterocycles. The van der Waals surface area contributed by atoms with Crippen molar-refractivity contribution < 1.29 is 9.21 Å². The fraction of sp³-hybridized carbons (Fsp3) is 0.0476. The van der Waals surface area contributed by atoms with Crippen LogP contribution in [0.2, 0.25) is 0 Å². The lowest BCUT2D eigenvalue weighted by atomic mass is 10.1. The lowest BCUT2D eigenvalue weighted by Crippen LogP contribution is -2.00. The zero-order valence-corrected chi connectivity index (χ0v) is 14.5. The molecule has 6 heteroatoms. The highest BCUT2D eigenvalue weighted by Crippen LogP contribution is 2.28. The Kier molecular flexibility index (Phi) is 3.36. The minimum Gasteiger partial charge on any atom is -0.461 e. The summed E-state index contributed by atoms with van der Waals surface area (Å²) in [6.07, 6.45) is 1.61. The number of ketones is 1. The Bertz CT molecular complexity index is 1290. The van der Waals surface area contributed by atoms with Gasteiger partial charge in [0.1, 0.15) is 0 Å². The van der Waals surface area contributed by atoms with E-state index in [-0.39, 0.29) is 5.78 Å². The largest absolute Gasteiger partial charge is 0.461 e. The van der Waals surface area contributed by atoms with Gasteiger partial charge in [0.05, 0.1) is 17.3 Å². The number of carbonyl (C=O) groups is 1. The van der Waals surface area contributed by atoms with Crippen LogP contribution in [0.4, 0.5) is 0 Å². The lowest BCUT2D eigenvalue weighted by molar-refractivity contribution is 0.101. The van der Waals surface area contributed by atoms with Gasteiger partial charge in [-0.2, -0.15) is 0 Å². The number of hydrogen-bond donors (Lipinski definition) is 0. The second-order valence-electron chi connectivity index (χ2n) is 6.21. The number of fused-ring (bicyclic) bond motifs is 2. The Balaban J connectivity index is 1.83. The van der Waals surface area contributed by atoms with E-state index in [1.54, 1.807) is 25.3 Å². The van der Waals surface area contributed by atoms with Crippen molar-refractivity contribution in [1.82, 2.24) is 19.5 Å². The van der Waals surface area contributed by atoms with Crippen LogP contribution >= 0.6 is 0 Å². The molecular weight excluding hydrogens is 340 g/mol. The maximum Gasteiger partial charge on any atom is 0.199 e. The molecule has 0 aliphatic carbocycles.